The third kappa shape index (κ3) is 3.44. The fourth-order valence-corrected chi connectivity index (χ4v) is 2.08. The maximum Gasteiger partial charge on any atom is 0.319 e. The molecule has 1 saturated heterocycles. The van der Waals surface area contributed by atoms with Crippen LogP contribution in [-0.2, 0) is 4.74 Å². The van der Waals surface area contributed by atoms with E-state index in [4.69, 9.17) is 4.74 Å². The fraction of sp³-hybridized carbons (Fsp3) is 0.417. The Kier molecular flexibility index (Phi) is 4.02. The average Bonchev–Trinajstić information content (AvgIpc) is 2.76. The second-order valence-electron chi connectivity index (χ2n) is 4.12. The zero-order valence-electron chi connectivity index (χ0n) is 9.63. The summed E-state index contributed by atoms with van der Waals surface area (Å²) in [6.45, 7) is 3.28. The van der Waals surface area contributed by atoms with E-state index in [0.29, 0.717) is 6.61 Å². The van der Waals surface area contributed by atoms with Gasteiger partial charge in [-0.1, -0.05) is 22.0 Å². The molecule has 1 aromatic rings. The Balaban J connectivity index is 1.95. The molecule has 4 nitrogen and oxygen atoms in total. The summed E-state index contributed by atoms with van der Waals surface area (Å²) >= 11 is 3.38. The second-order valence-corrected chi connectivity index (χ2v) is 5.03. The largest absolute Gasteiger partial charge is 0.379 e. The first kappa shape index (κ1) is 12.4. The molecule has 0 aliphatic carbocycles. The van der Waals surface area contributed by atoms with Gasteiger partial charge in [0.25, 0.3) is 0 Å². The van der Waals surface area contributed by atoms with Crippen molar-refractivity contribution in [3.63, 3.8) is 0 Å². The highest BCUT2D eigenvalue weighted by molar-refractivity contribution is 9.10. The SMILES string of the molecule is Cc1ccc(Br)cc1NC(=O)NC1CCOC1. The Labute approximate surface area is 109 Å². The van der Waals surface area contributed by atoms with E-state index in [1.165, 1.54) is 0 Å². The third-order valence-electron chi connectivity index (χ3n) is 2.71. The van der Waals surface area contributed by atoms with Gasteiger partial charge in [0.05, 0.1) is 12.6 Å². The van der Waals surface area contributed by atoms with Crippen molar-refractivity contribution in [2.24, 2.45) is 0 Å². The summed E-state index contributed by atoms with van der Waals surface area (Å²) < 4.78 is 6.15. The molecule has 0 saturated carbocycles. The Morgan fingerprint density at radius 3 is 3.06 bits per heavy atom. The zero-order valence-corrected chi connectivity index (χ0v) is 11.2. The van der Waals surface area contributed by atoms with Crippen LogP contribution in [0.3, 0.4) is 0 Å². The van der Waals surface area contributed by atoms with Crippen LogP contribution in [0.5, 0.6) is 0 Å². The number of anilines is 1. The number of aryl methyl sites for hydroxylation is 1. The Bertz CT molecular complexity index is 417. The highest BCUT2D eigenvalue weighted by Crippen LogP contribution is 2.20. The average molecular weight is 299 g/mol. The molecule has 1 fully saturated rings. The van der Waals surface area contributed by atoms with Gasteiger partial charge in [0.15, 0.2) is 0 Å². The van der Waals surface area contributed by atoms with Crippen LogP contribution in [0.2, 0.25) is 0 Å². The Morgan fingerprint density at radius 2 is 2.35 bits per heavy atom. The highest BCUT2D eigenvalue weighted by atomic mass is 79.9. The van der Waals surface area contributed by atoms with E-state index in [1.54, 1.807) is 0 Å². The van der Waals surface area contributed by atoms with Gasteiger partial charge in [0.2, 0.25) is 0 Å². The van der Waals surface area contributed by atoms with Crippen LogP contribution in [0, 0.1) is 6.92 Å². The third-order valence-corrected chi connectivity index (χ3v) is 3.21. The molecule has 0 bridgehead atoms. The van der Waals surface area contributed by atoms with E-state index >= 15 is 0 Å². The van der Waals surface area contributed by atoms with E-state index < -0.39 is 0 Å². The van der Waals surface area contributed by atoms with Crippen LogP contribution < -0.4 is 10.6 Å². The van der Waals surface area contributed by atoms with E-state index in [-0.39, 0.29) is 12.1 Å². The predicted molar refractivity (Wildman–Crippen MR) is 70.3 cm³/mol. The minimum atomic E-state index is -0.179. The van der Waals surface area contributed by atoms with Crippen LogP contribution in [0.4, 0.5) is 10.5 Å². The molecule has 1 aliphatic heterocycles. The topological polar surface area (TPSA) is 50.4 Å². The fourth-order valence-electron chi connectivity index (χ4n) is 1.72. The second kappa shape index (κ2) is 5.51. The first-order valence-electron chi connectivity index (χ1n) is 5.56. The van der Waals surface area contributed by atoms with Crippen molar-refractivity contribution < 1.29 is 9.53 Å². The molecule has 0 radical (unpaired) electrons. The van der Waals surface area contributed by atoms with E-state index in [9.17, 15) is 4.79 Å². The summed E-state index contributed by atoms with van der Waals surface area (Å²) in [7, 11) is 0. The molecule has 1 unspecified atom stereocenters. The van der Waals surface area contributed by atoms with Crippen molar-refractivity contribution in [2.75, 3.05) is 18.5 Å². The summed E-state index contributed by atoms with van der Waals surface area (Å²) in [5.41, 5.74) is 1.85. The smallest absolute Gasteiger partial charge is 0.319 e. The Hall–Kier alpha value is -1.07. The number of hydrogen-bond acceptors (Lipinski definition) is 2. The van der Waals surface area contributed by atoms with E-state index in [2.05, 4.69) is 26.6 Å². The first-order valence-corrected chi connectivity index (χ1v) is 6.36. The number of carbonyl (C=O) groups is 1. The van der Waals surface area contributed by atoms with Gasteiger partial charge in [-0.25, -0.2) is 4.79 Å². The molecule has 2 N–H and O–H groups in total. The maximum absolute atomic E-state index is 11.7. The number of hydrogen-bond donors (Lipinski definition) is 2. The lowest BCUT2D eigenvalue weighted by Gasteiger charge is -2.13. The molecule has 0 spiro atoms. The lowest BCUT2D eigenvalue weighted by Crippen LogP contribution is -2.38. The first-order chi connectivity index (χ1) is 8.15. The van der Waals surface area contributed by atoms with E-state index in [0.717, 1.165) is 28.8 Å². The number of nitrogens with one attached hydrogen (secondary N) is 2. The van der Waals surface area contributed by atoms with Gasteiger partial charge in [0, 0.05) is 16.8 Å². The molecule has 1 aromatic carbocycles. The molecule has 1 aliphatic rings. The standard InChI is InChI=1S/C12H15BrN2O2/c1-8-2-3-9(13)6-11(8)15-12(16)14-10-4-5-17-7-10/h2-3,6,10H,4-5,7H2,1H3,(H2,14,15,16). The molecule has 1 heterocycles. The number of ether oxygens (including phenoxy) is 1. The Morgan fingerprint density at radius 1 is 1.53 bits per heavy atom. The molecule has 2 rings (SSSR count). The normalized spacial score (nSPS) is 19.1. The van der Waals surface area contributed by atoms with Crippen molar-refractivity contribution in [2.45, 2.75) is 19.4 Å². The van der Waals surface area contributed by atoms with Crippen molar-refractivity contribution in [1.82, 2.24) is 5.32 Å². The van der Waals surface area contributed by atoms with Crippen LogP contribution in [0.15, 0.2) is 22.7 Å². The molecular formula is C12H15BrN2O2. The quantitative estimate of drug-likeness (QED) is 0.882. The van der Waals surface area contributed by atoms with Gasteiger partial charge in [-0.15, -0.1) is 0 Å². The molecule has 0 aromatic heterocycles. The van der Waals surface area contributed by atoms with Crippen molar-refractivity contribution in [3.05, 3.63) is 28.2 Å². The minimum absolute atomic E-state index is 0.127. The number of urea groups is 1. The summed E-state index contributed by atoms with van der Waals surface area (Å²) in [4.78, 5) is 11.7. The summed E-state index contributed by atoms with van der Waals surface area (Å²) in [5, 5.41) is 5.73. The summed E-state index contributed by atoms with van der Waals surface area (Å²) in [6.07, 6.45) is 0.880. The molecular weight excluding hydrogens is 284 g/mol. The predicted octanol–water partition coefficient (Wildman–Crippen LogP) is 2.67. The molecule has 2 amide bonds. The molecule has 17 heavy (non-hydrogen) atoms. The highest BCUT2D eigenvalue weighted by Gasteiger charge is 2.17. The number of halogens is 1. The lowest BCUT2D eigenvalue weighted by molar-refractivity contribution is 0.189. The van der Waals surface area contributed by atoms with Crippen molar-refractivity contribution in [3.8, 4) is 0 Å². The zero-order chi connectivity index (χ0) is 12.3. The number of benzene rings is 1. The number of amides is 2. The van der Waals surface area contributed by atoms with Crippen LogP contribution in [0.1, 0.15) is 12.0 Å². The van der Waals surface area contributed by atoms with Crippen LogP contribution in [-0.4, -0.2) is 25.3 Å². The lowest BCUT2D eigenvalue weighted by atomic mass is 10.2. The van der Waals surface area contributed by atoms with Crippen molar-refractivity contribution in [1.29, 1.82) is 0 Å². The minimum Gasteiger partial charge on any atom is -0.379 e. The monoisotopic (exact) mass is 298 g/mol. The summed E-state index contributed by atoms with van der Waals surface area (Å²) in [5.74, 6) is 0. The molecule has 5 heteroatoms. The number of rotatable bonds is 2. The maximum atomic E-state index is 11.7. The van der Waals surface area contributed by atoms with Crippen LogP contribution >= 0.6 is 15.9 Å². The molecule has 1 atom stereocenters. The summed E-state index contributed by atoms with van der Waals surface area (Å²) in [6, 6.07) is 5.74. The number of carbonyl (C=O) groups excluding carboxylic acids is 1. The van der Waals surface area contributed by atoms with Crippen molar-refractivity contribution >= 4 is 27.6 Å². The van der Waals surface area contributed by atoms with Gasteiger partial charge in [-0.05, 0) is 31.0 Å². The molecule has 92 valence electrons. The van der Waals surface area contributed by atoms with Gasteiger partial charge in [-0.3, -0.25) is 0 Å². The van der Waals surface area contributed by atoms with Gasteiger partial charge in [-0.2, -0.15) is 0 Å². The van der Waals surface area contributed by atoms with Gasteiger partial charge >= 0.3 is 6.03 Å². The van der Waals surface area contributed by atoms with E-state index in [1.807, 2.05) is 25.1 Å². The van der Waals surface area contributed by atoms with Crippen LogP contribution in [0.25, 0.3) is 0 Å². The van der Waals surface area contributed by atoms with Gasteiger partial charge < -0.3 is 15.4 Å². The van der Waals surface area contributed by atoms with Gasteiger partial charge in [0.1, 0.15) is 0 Å².